The molecule has 0 aliphatic heterocycles. The van der Waals surface area contributed by atoms with Crippen molar-refractivity contribution in [2.45, 2.75) is 32.7 Å². The van der Waals surface area contributed by atoms with Crippen LogP contribution in [-0.2, 0) is 6.54 Å². The summed E-state index contributed by atoms with van der Waals surface area (Å²) in [5.74, 6) is 1.41. The number of imidazole rings is 1. The number of amides is 1. The van der Waals surface area contributed by atoms with Crippen molar-refractivity contribution in [2.75, 3.05) is 13.2 Å². The van der Waals surface area contributed by atoms with Gasteiger partial charge < -0.3 is 14.6 Å². The highest BCUT2D eigenvalue weighted by atomic mass is 16.5. The van der Waals surface area contributed by atoms with Gasteiger partial charge in [0.1, 0.15) is 11.4 Å². The highest BCUT2D eigenvalue weighted by molar-refractivity contribution is 5.94. The van der Waals surface area contributed by atoms with Gasteiger partial charge in [-0.1, -0.05) is 19.8 Å². The maximum Gasteiger partial charge on any atom is 0.251 e. The molecule has 0 aliphatic rings. The molecule has 0 bridgehead atoms. The minimum atomic E-state index is -0.112. The van der Waals surface area contributed by atoms with E-state index in [2.05, 4.69) is 27.2 Å². The van der Waals surface area contributed by atoms with Crippen molar-refractivity contribution in [3.63, 3.8) is 0 Å². The van der Waals surface area contributed by atoms with Gasteiger partial charge in [-0.05, 0) is 30.7 Å². The van der Waals surface area contributed by atoms with Gasteiger partial charge in [0.25, 0.3) is 5.91 Å². The van der Waals surface area contributed by atoms with Crippen LogP contribution in [0.5, 0.6) is 5.75 Å². The maximum absolute atomic E-state index is 12.3. The summed E-state index contributed by atoms with van der Waals surface area (Å²) in [5, 5.41) is 2.93. The van der Waals surface area contributed by atoms with Gasteiger partial charge in [-0.25, -0.2) is 9.97 Å². The minimum Gasteiger partial charge on any atom is -0.494 e. The van der Waals surface area contributed by atoms with Gasteiger partial charge in [-0.3, -0.25) is 9.78 Å². The van der Waals surface area contributed by atoms with Gasteiger partial charge in [0.15, 0.2) is 5.82 Å². The third-order valence-electron chi connectivity index (χ3n) is 4.28. The van der Waals surface area contributed by atoms with E-state index in [4.69, 9.17) is 4.74 Å². The third kappa shape index (κ3) is 5.39. The average Bonchev–Trinajstić information content (AvgIpc) is 3.21. The quantitative estimate of drug-likeness (QED) is 0.546. The Hall–Kier alpha value is -3.22. The molecule has 0 saturated heterocycles. The van der Waals surface area contributed by atoms with E-state index < -0.39 is 0 Å². The zero-order chi connectivity index (χ0) is 19.6. The molecule has 7 heteroatoms. The monoisotopic (exact) mass is 379 g/mol. The van der Waals surface area contributed by atoms with Crippen LogP contribution in [0.1, 0.15) is 36.5 Å². The lowest BCUT2D eigenvalue weighted by molar-refractivity contribution is 0.0952. The number of rotatable bonds is 10. The van der Waals surface area contributed by atoms with Gasteiger partial charge in [-0.15, -0.1) is 0 Å². The summed E-state index contributed by atoms with van der Waals surface area (Å²) in [6, 6.07) is 7.24. The van der Waals surface area contributed by atoms with Crippen molar-refractivity contribution in [1.82, 2.24) is 24.8 Å². The molecule has 2 heterocycles. The van der Waals surface area contributed by atoms with E-state index >= 15 is 0 Å². The zero-order valence-electron chi connectivity index (χ0n) is 16.0. The van der Waals surface area contributed by atoms with Crippen LogP contribution in [0.2, 0.25) is 0 Å². The van der Waals surface area contributed by atoms with Gasteiger partial charge in [0.05, 0.1) is 12.8 Å². The fraction of sp³-hybridized carbons (Fsp3) is 0.333. The Morgan fingerprint density at radius 1 is 1.11 bits per heavy atom. The Bertz CT molecular complexity index is 862. The normalized spacial score (nSPS) is 10.6. The molecule has 3 aromatic rings. The highest BCUT2D eigenvalue weighted by Gasteiger charge is 2.09. The summed E-state index contributed by atoms with van der Waals surface area (Å²) < 4.78 is 7.62. The van der Waals surface area contributed by atoms with Crippen molar-refractivity contribution >= 4 is 5.91 Å². The van der Waals surface area contributed by atoms with Crippen LogP contribution in [-0.4, -0.2) is 38.6 Å². The minimum absolute atomic E-state index is 0.112. The van der Waals surface area contributed by atoms with E-state index in [1.807, 2.05) is 22.9 Å². The lowest BCUT2D eigenvalue weighted by atomic mass is 10.2. The average molecular weight is 379 g/mol. The van der Waals surface area contributed by atoms with Gasteiger partial charge in [0.2, 0.25) is 0 Å². The molecule has 1 aromatic carbocycles. The second kappa shape index (κ2) is 10.2. The molecule has 2 aromatic heterocycles. The standard InChI is InChI=1S/C21H25N5O2/c1-2-3-4-15-28-18-7-5-17(6-8-18)21(27)25-12-14-26-13-11-24-20(26)19-16-22-9-10-23-19/h5-11,13,16H,2-4,12,14-15H2,1H3,(H,25,27). The Labute approximate surface area is 164 Å². The molecule has 1 N–H and O–H groups in total. The van der Waals surface area contributed by atoms with Crippen LogP contribution in [0, 0.1) is 0 Å². The van der Waals surface area contributed by atoms with Crippen LogP contribution in [0.3, 0.4) is 0 Å². The van der Waals surface area contributed by atoms with Crippen LogP contribution < -0.4 is 10.1 Å². The van der Waals surface area contributed by atoms with E-state index in [1.165, 1.54) is 6.42 Å². The molecule has 3 rings (SSSR count). The summed E-state index contributed by atoms with van der Waals surface area (Å²) in [6.45, 7) is 3.95. The third-order valence-corrected chi connectivity index (χ3v) is 4.28. The first kappa shape index (κ1) is 19.5. The Kier molecular flexibility index (Phi) is 7.12. The molecule has 0 aliphatic carbocycles. The molecule has 1 amide bonds. The maximum atomic E-state index is 12.3. The number of benzene rings is 1. The number of hydrogen-bond acceptors (Lipinski definition) is 5. The Balaban J connectivity index is 1.48. The van der Waals surface area contributed by atoms with Crippen molar-refractivity contribution in [3.05, 3.63) is 60.8 Å². The molecule has 0 saturated carbocycles. The largest absolute Gasteiger partial charge is 0.494 e. The van der Waals surface area contributed by atoms with Crippen LogP contribution in [0.25, 0.3) is 11.5 Å². The highest BCUT2D eigenvalue weighted by Crippen LogP contribution is 2.14. The van der Waals surface area contributed by atoms with Gasteiger partial charge in [-0.2, -0.15) is 0 Å². The van der Waals surface area contributed by atoms with E-state index in [0.29, 0.717) is 31.0 Å². The summed E-state index contributed by atoms with van der Waals surface area (Å²) >= 11 is 0. The summed E-state index contributed by atoms with van der Waals surface area (Å²) in [7, 11) is 0. The smallest absolute Gasteiger partial charge is 0.251 e. The fourth-order valence-electron chi connectivity index (χ4n) is 2.77. The van der Waals surface area contributed by atoms with E-state index in [1.54, 1.807) is 36.9 Å². The number of carbonyl (C=O) groups excluding carboxylic acids is 1. The Morgan fingerprint density at radius 2 is 1.96 bits per heavy atom. The van der Waals surface area contributed by atoms with Crippen LogP contribution in [0.15, 0.2) is 55.2 Å². The molecular weight excluding hydrogens is 354 g/mol. The zero-order valence-corrected chi connectivity index (χ0v) is 16.0. The molecule has 0 unspecified atom stereocenters. The summed E-state index contributed by atoms with van der Waals surface area (Å²) in [6.07, 6.45) is 11.9. The predicted octanol–water partition coefficient (Wildman–Crippen LogP) is 3.34. The van der Waals surface area contributed by atoms with E-state index in [9.17, 15) is 4.79 Å². The lowest BCUT2D eigenvalue weighted by Crippen LogP contribution is -2.27. The molecule has 0 radical (unpaired) electrons. The lowest BCUT2D eigenvalue weighted by Gasteiger charge is -2.10. The van der Waals surface area contributed by atoms with Crippen molar-refractivity contribution < 1.29 is 9.53 Å². The first-order chi connectivity index (χ1) is 13.8. The molecule has 7 nitrogen and oxygen atoms in total. The van der Waals surface area contributed by atoms with Crippen molar-refractivity contribution in [2.24, 2.45) is 0 Å². The molecule has 0 atom stereocenters. The number of unbranched alkanes of at least 4 members (excludes halogenated alkanes) is 2. The Morgan fingerprint density at radius 3 is 2.71 bits per heavy atom. The fourth-order valence-corrected chi connectivity index (χ4v) is 2.77. The summed E-state index contributed by atoms with van der Waals surface area (Å²) in [5.41, 5.74) is 1.31. The SMILES string of the molecule is CCCCCOc1ccc(C(=O)NCCn2ccnc2-c2cnccn2)cc1. The first-order valence-electron chi connectivity index (χ1n) is 9.56. The number of carbonyl (C=O) groups is 1. The molecule has 0 spiro atoms. The molecule has 0 fully saturated rings. The molecule has 28 heavy (non-hydrogen) atoms. The van der Waals surface area contributed by atoms with E-state index in [-0.39, 0.29) is 5.91 Å². The number of ether oxygens (including phenoxy) is 1. The second-order valence-corrected chi connectivity index (χ2v) is 6.37. The summed E-state index contributed by atoms with van der Waals surface area (Å²) in [4.78, 5) is 25.0. The van der Waals surface area contributed by atoms with Crippen molar-refractivity contribution in [1.29, 1.82) is 0 Å². The van der Waals surface area contributed by atoms with Crippen molar-refractivity contribution in [3.8, 4) is 17.3 Å². The van der Waals surface area contributed by atoms with Gasteiger partial charge >= 0.3 is 0 Å². The predicted molar refractivity (Wildman–Crippen MR) is 107 cm³/mol. The number of nitrogens with one attached hydrogen (secondary N) is 1. The topological polar surface area (TPSA) is 81.9 Å². The molecular formula is C21H25N5O2. The number of nitrogens with zero attached hydrogens (tertiary/aromatic N) is 4. The molecule has 146 valence electrons. The van der Waals surface area contributed by atoms with Crippen LogP contribution in [0.4, 0.5) is 0 Å². The second-order valence-electron chi connectivity index (χ2n) is 6.37. The number of hydrogen-bond donors (Lipinski definition) is 1. The van der Waals surface area contributed by atoms with Crippen LogP contribution >= 0.6 is 0 Å². The van der Waals surface area contributed by atoms with E-state index in [0.717, 1.165) is 24.4 Å². The first-order valence-corrected chi connectivity index (χ1v) is 9.56. The number of aromatic nitrogens is 4. The van der Waals surface area contributed by atoms with Gasteiger partial charge in [0, 0.05) is 43.4 Å².